The average Bonchev–Trinajstić information content (AvgIpc) is 1.59. The lowest BCUT2D eigenvalue weighted by Gasteiger charge is -1.94. The van der Waals surface area contributed by atoms with Gasteiger partial charge in [-0.25, -0.2) is 13.1 Å². The Morgan fingerprint density at radius 3 is 2.22 bits per heavy atom. The van der Waals surface area contributed by atoms with E-state index in [0.717, 1.165) is 6.26 Å². The highest BCUT2D eigenvalue weighted by molar-refractivity contribution is 7.88. The Hall–Kier alpha value is -0.620. The quantitative estimate of drug-likeness (QED) is 0.523. The maximum atomic E-state index is 10.2. The molecule has 0 aromatic rings. The molecule has 5 nitrogen and oxygen atoms in total. The van der Waals surface area contributed by atoms with Crippen LogP contribution in [0.4, 0.5) is 0 Å². The van der Waals surface area contributed by atoms with E-state index < -0.39 is 22.5 Å². The van der Waals surface area contributed by atoms with Crippen LogP contribution in [0.1, 0.15) is 0 Å². The second kappa shape index (κ2) is 2.79. The van der Waals surface area contributed by atoms with E-state index in [1.54, 1.807) is 4.72 Å². The van der Waals surface area contributed by atoms with Crippen molar-refractivity contribution in [2.45, 2.75) is 0 Å². The first-order chi connectivity index (χ1) is 3.92. The second-order valence-electron chi connectivity index (χ2n) is 1.49. The first-order valence-corrected chi connectivity index (χ1v) is 3.97. The number of hydrogen-bond donors (Lipinski definition) is 2. The largest absolute Gasteiger partial charge is 0.480 e. The third kappa shape index (κ3) is 7.38. The molecule has 54 valence electrons. The van der Waals surface area contributed by atoms with Crippen molar-refractivity contribution in [3.8, 4) is 0 Å². The molecule has 0 bridgehead atoms. The number of aliphatic carboxylic acids is 1. The van der Waals surface area contributed by atoms with Crippen molar-refractivity contribution < 1.29 is 18.3 Å². The van der Waals surface area contributed by atoms with E-state index in [4.69, 9.17) is 5.11 Å². The Balaban J connectivity index is 3.67. The molecule has 0 aliphatic rings. The van der Waals surface area contributed by atoms with Gasteiger partial charge in [0.1, 0.15) is 6.54 Å². The van der Waals surface area contributed by atoms with Gasteiger partial charge in [0.25, 0.3) is 0 Å². The molecule has 0 aliphatic carbocycles. The third-order valence-electron chi connectivity index (χ3n) is 0.486. The van der Waals surface area contributed by atoms with Crippen LogP contribution in [-0.2, 0) is 14.8 Å². The number of carbonyl (C=O) groups is 1. The fourth-order valence-corrected chi connectivity index (χ4v) is 0.578. The molecule has 0 amide bonds. The zero-order valence-corrected chi connectivity index (χ0v) is 5.60. The van der Waals surface area contributed by atoms with Gasteiger partial charge in [0.15, 0.2) is 0 Å². The maximum absolute atomic E-state index is 10.2. The van der Waals surface area contributed by atoms with E-state index in [1.807, 2.05) is 0 Å². The zero-order valence-electron chi connectivity index (χ0n) is 4.79. The summed E-state index contributed by atoms with van der Waals surface area (Å²) in [4.78, 5) is 9.72. The molecule has 0 fully saturated rings. The summed E-state index contributed by atoms with van der Waals surface area (Å²) < 4.78 is 22.1. The fraction of sp³-hybridized carbons (Fsp3) is 0.667. The number of nitrogens with one attached hydrogen (secondary N) is 1. The van der Waals surface area contributed by atoms with Crippen LogP contribution < -0.4 is 4.72 Å². The van der Waals surface area contributed by atoms with Crippen molar-refractivity contribution in [2.24, 2.45) is 0 Å². The summed E-state index contributed by atoms with van der Waals surface area (Å²) in [7, 11) is -3.35. The van der Waals surface area contributed by atoms with Crippen molar-refractivity contribution in [1.82, 2.24) is 4.72 Å². The van der Waals surface area contributed by atoms with Crippen LogP contribution in [-0.4, -0.2) is 32.3 Å². The molecule has 0 aromatic carbocycles. The molecule has 0 radical (unpaired) electrons. The van der Waals surface area contributed by atoms with Gasteiger partial charge in [-0.1, -0.05) is 0 Å². The van der Waals surface area contributed by atoms with Crippen molar-refractivity contribution in [2.75, 3.05) is 12.8 Å². The predicted molar refractivity (Wildman–Crippen MR) is 30.5 cm³/mol. The Morgan fingerprint density at radius 2 is 2.11 bits per heavy atom. The molecule has 0 heterocycles. The van der Waals surface area contributed by atoms with Gasteiger partial charge in [-0.15, -0.1) is 0 Å². The molecule has 0 aromatic heterocycles. The van der Waals surface area contributed by atoms with Gasteiger partial charge >= 0.3 is 5.97 Å². The summed E-state index contributed by atoms with van der Waals surface area (Å²) in [5.41, 5.74) is 0. The van der Waals surface area contributed by atoms with E-state index in [-0.39, 0.29) is 0 Å². The van der Waals surface area contributed by atoms with Crippen LogP contribution >= 0.6 is 0 Å². The van der Waals surface area contributed by atoms with Crippen LogP contribution in [0.2, 0.25) is 0 Å². The second-order valence-corrected chi connectivity index (χ2v) is 3.32. The molecule has 0 spiro atoms. The van der Waals surface area contributed by atoms with Gasteiger partial charge in [0.05, 0.1) is 6.26 Å². The van der Waals surface area contributed by atoms with Gasteiger partial charge in [0.2, 0.25) is 10.0 Å². The highest BCUT2D eigenvalue weighted by Gasteiger charge is 2.02. The minimum Gasteiger partial charge on any atom is -0.480 e. The fourth-order valence-electron chi connectivity index (χ4n) is 0.193. The number of hydrogen-bond acceptors (Lipinski definition) is 3. The van der Waals surface area contributed by atoms with Gasteiger partial charge in [-0.05, 0) is 0 Å². The van der Waals surface area contributed by atoms with Crippen LogP contribution in [0.5, 0.6) is 0 Å². The van der Waals surface area contributed by atoms with Crippen molar-refractivity contribution >= 4 is 16.0 Å². The van der Waals surface area contributed by atoms with Gasteiger partial charge in [-0.2, -0.15) is 0 Å². The summed E-state index contributed by atoms with van der Waals surface area (Å²) in [6, 6.07) is 0. The van der Waals surface area contributed by atoms with Gasteiger partial charge < -0.3 is 5.11 Å². The van der Waals surface area contributed by atoms with Crippen LogP contribution in [0.25, 0.3) is 0 Å². The highest BCUT2D eigenvalue weighted by Crippen LogP contribution is 1.70. The molecular weight excluding hydrogens is 146 g/mol. The summed E-state index contributed by atoms with van der Waals surface area (Å²) >= 11 is 0. The molecule has 9 heavy (non-hydrogen) atoms. The van der Waals surface area contributed by atoms with E-state index in [9.17, 15) is 13.2 Å². The molecule has 0 saturated heterocycles. The lowest BCUT2D eigenvalue weighted by molar-refractivity contribution is -0.135. The van der Waals surface area contributed by atoms with Gasteiger partial charge in [0, 0.05) is 0 Å². The standard InChI is InChI=1S/C3H7NO4S/c1-9(7,8)4-2-3(5)6/h4H,2H2,1H3,(H,5,6). The number of carboxylic acids is 1. The lowest BCUT2D eigenvalue weighted by Crippen LogP contribution is -2.27. The molecule has 0 saturated carbocycles. The minimum absolute atomic E-state index is 0.557. The number of sulfonamides is 1. The van der Waals surface area contributed by atoms with E-state index >= 15 is 0 Å². The highest BCUT2D eigenvalue weighted by atomic mass is 32.2. The SMILES string of the molecule is CS(=O)(=O)NCC(=O)O. The first-order valence-electron chi connectivity index (χ1n) is 2.08. The summed E-state index contributed by atoms with van der Waals surface area (Å²) in [6.07, 6.45) is 0.899. The number of carboxylic acid groups (broad SMARTS) is 1. The van der Waals surface area contributed by atoms with Crippen molar-refractivity contribution in [3.63, 3.8) is 0 Å². The summed E-state index contributed by atoms with van der Waals surface area (Å²) in [5.74, 6) is -1.19. The topological polar surface area (TPSA) is 83.5 Å². The predicted octanol–water partition coefficient (Wildman–Crippen LogP) is -1.38. The Morgan fingerprint density at radius 1 is 1.67 bits per heavy atom. The van der Waals surface area contributed by atoms with Crippen LogP contribution in [0, 0.1) is 0 Å². The zero-order chi connectivity index (χ0) is 7.49. The lowest BCUT2D eigenvalue weighted by atomic mass is 10.7. The Labute approximate surface area is 52.7 Å². The smallest absolute Gasteiger partial charge is 0.318 e. The summed E-state index contributed by atoms with van der Waals surface area (Å²) in [6.45, 7) is -0.557. The maximum Gasteiger partial charge on any atom is 0.318 e. The molecule has 0 rings (SSSR count). The normalized spacial score (nSPS) is 11.2. The van der Waals surface area contributed by atoms with Crippen LogP contribution in [0.3, 0.4) is 0 Å². The minimum atomic E-state index is -3.35. The first kappa shape index (κ1) is 8.38. The Kier molecular flexibility index (Phi) is 2.60. The monoisotopic (exact) mass is 153 g/mol. The molecule has 0 atom stereocenters. The average molecular weight is 153 g/mol. The molecule has 0 aliphatic heterocycles. The third-order valence-corrected chi connectivity index (χ3v) is 1.15. The number of rotatable bonds is 3. The molecule has 6 heteroatoms. The van der Waals surface area contributed by atoms with Gasteiger partial charge in [-0.3, -0.25) is 4.79 Å². The summed E-state index contributed by atoms with van der Waals surface area (Å²) in [5, 5.41) is 7.95. The van der Waals surface area contributed by atoms with E-state index in [2.05, 4.69) is 0 Å². The van der Waals surface area contributed by atoms with E-state index in [1.165, 1.54) is 0 Å². The molecular formula is C3H7NO4S. The Bertz CT molecular complexity index is 194. The van der Waals surface area contributed by atoms with Crippen LogP contribution in [0.15, 0.2) is 0 Å². The van der Waals surface area contributed by atoms with Crippen molar-refractivity contribution in [3.05, 3.63) is 0 Å². The molecule has 2 N–H and O–H groups in total. The van der Waals surface area contributed by atoms with Crippen molar-refractivity contribution in [1.29, 1.82) is 0 Å². The molecule has 0 unspecified atom stereocenters. The van der Waals surface area contributed by atoms with E-state index in [0.29, 0.717) is 0 Å².